The smallest absolute Gasteiger partial charge is 0.326 e. The zero-order valence-corrected chi connectivity index (χ0v) is 17.2. The summed E-state index contributed by atoms with van der Waals surface area (Å²) in [6.07, 6.45) is 3.22. The minimum Gasteiger partial charge on any atom is -0.468 e. The van der Waals surface area contributed by atoms with Crippen LogP contribution in [0, 0.1) is 0 Å². The molecule has 0 radical (unpaired) electrons. The van der Waals surface area contributed by atoms with Crippen molar-refractivity contribution in [1.29, 1.82) is 0 Å². The summed E-state index contributed by atoms with van der Waals surface area (Å²) in [5.41, 5.74) is 7.23. The molecule has 2 atom stereocenters. The molecular weight excluding hydrogens is 374 g/mol. The Morgan fingerprint density at radius 1 is 1.31 bits per heavy atom. The number of benzene rings is 1. The first-order chi connectivity index (χ1) is 14.0. The second kappa shape index (κ2) is 11.5. The third-order valence-electron chi connectivity index (χ3n) is 4.98. The van der Waals surface area contributed by atoms with Gasteiger partial charge in [0.25, 0.3) is 0 Å². The van der Waals surface area contributed by atoms with Gasteiger partial charge in [0, 0.05) is 5.69 Å². The normalized spacial score (nSPS) is 17.3. The van der Waals surface area contributed by atoms with E-state index in [4.69, 9.17) is 15.2 Å². The van der Waals surface area contributed by atoms with Gasteiger partial charge in [-0.2, -0.15) is 0 Å². The third kappa shape index (κ3) is 6.27. The molecule has 3 N–H and O–H groups in total. The lowest BCUT2D eigenvalue weighted by atomic mass is 10.0. The maximum Gasteiger partial charge on any atom is 0.326 e. The molecule has 0 fully saturated rings. The van der Waals surface area contributed by atoms with Crippen molar-refractivity contribution in [3.05, 3.63) is 29.8 Å². The fraction of sp³-hybridized carbons (Fsp3) is 0.571. The molecule has 1 aliphatic rings. The van der Waals surface area contributed by atoms with E-state index in [1.165, 1.54) is 12.0 Å². The number of rotatable bonds is 10. The number of carbonyl (C=O) groups is 3. The number of esters is 2. The molecule has 1 aromatic carbocycles. The molecule has 29 heavy (non-hydrogen) atoms. The standard InChI is InChI=1S/C21H31N3O5/c1-3-29-19(25)14-24-18-10-5-4-8-15(18)11-12-16(20(24)26)23-17(21(27)28-2)9-6-7-13-22/h4-5,8,10,16-17,23H,3,6-7,9,11-14,22H2,1-2H3/t16-,17-/m0/s1. The number of carbonyl (C=O) groups excluding carboxylic acids is 3. The number of nitrogens with one attached hydrogen (secondary N) is 1. The Morgan fingerprint density at radius 3 is 2.76 bits per heavy atom. The predicted octanol–water partition coefficient (Wildman–Crippen LogP) is 1.16. The van der Waals surface area contributed by atoms with Crippen LogP contribution in [-0.2, 0) is 30.3 Å². The van der Waals surface area contributed by atoms with Crippen molar-refractivity contribution in [2.24, 2.45) is 5.73 Å². The van der Waals surface area contributed by atoms with E-state index >= 15 is 0 Å². The average molecular weight is 405 g/mol. The highest BCUT2D eigenvalue weighted by Gasteiger charge is 2.34. The van der Waals surface area contributed by atoms with Gasteiger partial charge in [-0.15, -0.1) is 0 Å². The first-order valence-electron chi connectivity index (χ1n) is 10.1. The molecule has 0 unspecified atom stereocenters. The lowest BCUT2D eigenvalue weighted by Crippen LogP contribution is -2.53. The molecule has 0 bridgehead atoms. The van der Waals surface area contributed by atoms with Crippen molar-refractivity contribution in [3.8, 4) is 0 Å². The molecule has 0 saturated heterocycles. The minimum atomic E-state index is -0.612. The van der Waals surface area contributed by atoms with Crippen LogP contribution in [0.1, 0.15) is 38.2 Å². The van der Waals surface area contributed by atoms with Crippen molar-refractivity contribution in [1.82, 2.24) is 5.32 Å². The molecule has 2 rings (SSSR count). The molecule has 8 heteroatoms. The summed E-state index contributed by atoms with van der Waals surface area (Å²) in [6.45, 7) is 2.34. The number of nitrogens with zero attached hydrogens (tertiary/aromatic N) is 1. The van der Waals surface area contributed by atoms with Gasteiger partial charge in [0.2, 0.25) is 5.91 Å². The van der Waals surface area contributed by atoms with Crippen molar-refractivity contribution < 1.29 is 23.9 Å². The van der Waals surface area contributed by atoms with E-state index in [1.807, 2.05) is 24.3 Å². The van der Waals surface area contributed by atoms with Gasteiger partial charge in [0.1, 0.15) is 12.6 Å². The lowest BCUT2D eigenvalue weighted by Gasteiger charge is -2.27. The van der Waals surface area contributed by atoms with Crippen molar-refractivity contribution in [2.75, 3.05) is 31.7 Å². The quantitative estimate of drug-likeness (QED) is 0.444. The Bertz CT molecular complexity index is 709. The van der Waals surface area contributed by atoms with Crippen LogP contribution in [0.5, 0.6) is 0 Å². The number of fused-ring (bicyclic) bond motifs is 1. The minimum absolute atomic E-state index is 0.169. The average Bonchev–Trinajstić information content (AvgIpc) is 2.85. The Hall–Kier alpha value is -2.45. The summed E-state index contributed by atoms with van der Waals surface area (Å²) < 4.78 is 9.95. The molecule has 160 valence electrons. The van der Waals surface area contributed by atoms with Gasteiger partial charge in [0.05, 0.1) is 19.8 Å². The number of hydrogen-bond donors (Lipinski definition) is 2. The van der Waals surface area contributed by atoms with Crippen LogP contribution >= 0.6 is 0 Å². The van der Waals surface area contributed by atoms with E-state index in [0.717, 1.165) is 18.4 Å². The predicted molar refractivity (Wildman–Crippen MR) is 109 cm³/mol. The van der Waals surface area contributed by atoms with Gasteiger partial charge in [-0.05, 0) is 50.8 Å². The number of methoxy groups -OCH3 is 1. The van der Waals surface area contributed by atoms with Crippen LogP contribution in [0.3, 0.4) is 0 Å². The summed E-state index contributed by atoms with van der Waals surface area (Å²) in [7, 11) is 1.33. The van der Waals surface area contributed by atoms with Crippen LogP contribution < -0.4 is 16.0 Å². The first kappa shape index (κ1) is 22.8. The van der Waals surface area contributed by atoms with Gasteiger partial charge in [-0.25, -0.2) is 0 Å². The monoisotopic (exact) mass is 405 g/mol. The largest absolute Gasteiger partial charge is 0.468 e. The SMILES string of the molecule is CCOC(=O)CN1C(=O)[C@@H](N[C@@H](CCCCN)C(=O)OC)CCc2ccccc21. The number of aryl methyl sites for hydroxylation is 1. The topological polar surface area (TPSA) is 111 Å². The molecule has 1 aromatic rings. The summed E-state index contributed by atoms with van der Waals surface area (Å²) in [6, 6.07) is 6.30. The zero-order valence-electron chi connectivity index (χ0n) is 17.2. The van der Waals surface area contributed by atoms with E-state index in [1.54, 1.807) is 6.92 Å². The van der Waals surface area contributed by atoms with E-state index in [2.05, 4.69) is 5.32 Å². The van der Waals surface area contributed by atoms with Gasteiger partial charge in [-0.3, -0.25) is 24.6 Å². The number of unbranched alkanes of at least 4 members (excludes halogenated alkanes) is 1. The molecule has 0 aliphatic carbocycles. The van der Waals surface area contributed by atoms with Crippen molar-refractivity contribution in [3.63, 3.8) is 0 Å². The number of para-hydroxylation sites is 1. The lowest BCUT2D eigenvalue weighted by molar-refractivity contribution is -0.144. The fourth-order valence-corrected chi connectivity index (χ4v) is 3.52. The number of nitrogens with two attached hydrogens (primary N) is 1. The van der Waals surface area contributed by atoms with Crippen LogP contribution in [0.2, 0.25) is 0 Å². The second-order valence-electron chi connectivity index (χ2n) is 6.98. The molecule has 0 aromatic heterocycles. The maximum absolute atomic E-state index is 13.3. The van der Waals surface area contributed by atoms with Crippen molar-refractivity contribution >= 4 is 23.5 Å². The van der Waals surface area contributed by atoms with Crippen LogP contribution in [0.25, 0.3) is 0 Å². The molecular formula is C21H31N3O5. The fourth-order valence-electron chi connectivity index (χ4n) is 3.52. The van der Waals surface area contributed by atoms with Gasteiger partial charge in [-0.1, -0.05) is 24.6 Å². The highest BCUT2D eigenvalue weighted by Crippen LogP contribution is 2.27. The number of anilines is 1. The van der Waals surface area contributed by atoms with Crippen LogP contribution in [0.4, 0.5) is 5.69 Å². The van der Waals surface area contributed by atoms with Gasteiger partial charge >= 0.3 is 11.9 Å². The van der Waals surface area contributed by atoms with Crippen LogP contribution in [-0.4, -0.2) is 56.7 Å². The van der Waals surface area contributed by atoms with Crippen molar-refractivity contribution in [2.45, 2.75) is 51.1 Å². The number of ether oxygens (including phenoxy) is 2. The number of hydrogen-bond acceptors (Lipinski definition) is 7. The van der Waals surface area contributed by atoms with Gasteiger partial charge in [0.15, 0.2) is 0 Å². The van der Waals surface area contributed by atoms with E-state index in [9.17, 15) is 14.4 Å². The van der Waals surface area contributed by atoms with Gasteiger partial charge < -0.3 is 15.2 Å². The second-order valence-corrected chi connectivity index (χ2v) is 6.98. The Kier molecular flexibility index (Phi) is 9.08. The molecule has 8 nitrogen and oxygen atoms in total. The molecule has 1 heterocycles. The highest BCUT2D eigenvalue weighted by molar-refractivity contribution is 6.02. The molecule has 1 aliphatic heterocycles. The van der Waals surface area contributed by atoms with E-state index in [0.29, 0.717) is 31.5 Å². The Labute approximate surface area is 171 Å². The highest BCUT2D eigenvalue weighted by atomic mass is 16.5. The zero-order chi connectivity index (χ0) is 21.2. The Morgan fingerprint density at radius 2 is 2.07 bits per heavy atom. The Balaban J connectivity index is 2.23. The molecule has 0 saturated carbocycles. The summed E-state index contributed by atoms with van der Waals surface area (Å²) in [5.74, 6) is -1.13. The summed E-state index contributed by atoms with van der Waals surface area (Å²) in [5, 5.41) is 3.17. The molecule has 1 amide bonds. The summed E-state index contributed by atoms with van der Waals surface area (Å²) >= 11 is 0. The van der Waals surface area contributed by atoms with E-state index < -0.39 is 24.0 Å². The van der Waals surface area contributed by atoms with E-state index in [-0.39, 0.29) is 19.1 Å². The number of amides is 1. The third-order valence-corrected chi connectivity index (χ3v) is 4.98. The summed E-state index contributed by atoms with van der Waals surface area (Å²) in [4.78, 5) is 39.1. The molecule has 0 spiro atoms. The maximum atomic E-state index is 13.3. The first-order valence-corrected chi connectivity index (χ1v) is 10.1. The van der Waals surface area contributed by atoms with Crippen LogP contribution in [0.15, 0.2) is 24.3 Å².